The van der Waals surface area contributed by atoms with Crippen LogP contribution in [0, 0.1) is 0 Å². The van der Waals surface area contributed by atoms with Crippen molar-refractivity contribution in [2.24, 2.45) is 7.05 Å². The minimum atomic E-state index is 0.453. The van der Waals surface area contributed by atoms with E-state index in [2.05, 4.69) is 20.8 Å². The van der Waals surface area contributed by atoms with Gasteiger partial charge in [-0.2, -0.15) is 10.2 Å². The summed E-state index contributed by atoms with van der Waals surface area (Å²) in [4.78, 5) is 0. The lowest BCUT2D eigenvalue weighted by atomic mass is 10.2. The molecule has 18 heavy (non-hydrogen) atoms. The summed E-state index contributed by atoms with van der Waals surface area (Å²) in [5.41, 5.74) is 6.81. The third-order valence-corrected chi connectivity index (χ3v) is 3.17. The summed E-state index contributed by atoms with van der Waals surface area (Å²) in [6, 6.07) is 2.43. The maximum atomic E-state index is 5.81. The first-order chi connectivity index (χ1) is 8.74. The van der Waals surface area contributed by atoms with Crippen molar-refractivity contribution in [1.82, 2.24) is 24.9 Å². The van der Waals surface area contributed by atoms with Crippen molar-refractivity contribution in [2.75, 3.05) is 24.1 Å². The molecule has 0 saturated carbocycles. The van der Waals surface area contributed by atoms with Crippen LogP contribution in [0.1, 0.15) is 11.6 Å². The normalized spacial score (nSPS) is 15.6. The Morgan fingerprint density at radius 3 is 3.00 bits per heavy atom. The van der Waals surface area contributed by atoms with Crippen molar-refractivity contribution in [3.8, 4) is 0 Å². The average molecular weight is 247 g/mol. The van der Waals surface area contributed by atoms with E-state index in [0.29, 0.717) is 18.4 Å². The zero-order valence-corrected chi connectivity index (χ0v) is 10.3. The van der Waals surface area contributed by atoms with Gasteiger partial charge in [0.15, 0.2) is 0 Å². The third-order valence-electron chi connectivity index (χ3n) is 3.17. The Labute approximate surface area is 105 Å². The molecule has 0 atom stereocenters. The van der Waals surface area contributed by atoms with Gasteiger partial charge < -0.3 is 16.4 Å². The summed E-state index contributed by atoms with van der Waals surface area (Å²) in [6.07, 6.45) is 3.74. The predicted molar refractivity (Wildman–Crippen MR) is 69.1 cm³/mol. The molecule has 1 fully saturated rings. The van der Waals surface area contributed by atoms with Crippen LogP contribution >= 0.6 is 0 Å². The third kappa shape index (κ3) is 1.92. The van der Waals surface area contributed by atoms with Gasteiger partial charge in [0.25, 0.3) is 0 Å². The second-order valence-corrected chi connectivity index (χ2v) is 4.54. The van der Waals surface area contributed by atoms with E-state index in [1.54, 1.807) is 4.68 Å². The topological polar surface area (TPSA) is 85.7 Å². The van der Waals surface area contributed by atoms with Gasteiger partial charge in [0.05, 0.1) is 12.2 Å². The van der Waals surface area contributed by atoms with Gasteiger partial charge in [-0.1, -0.05) is 0 Å². The van der Waals surface area contributed by atoms with Crippen LogP contribution in [0.3, 0.4) is 0 Å². The number of hydrogen-bond acceptors (Lipinski definition) is 5. The van der Waals surface area contributed by atoms with Gasteiger partial charge in [-0.15, -0.1) is 0 Å². The van der Waals surface area contributed by atoms with Gasteiger partial charge in [-0.3, -0.25) is 4.68 Å². The molecular formula is C11H17N7. The molecule has 0 bridgehead atoms. The van der Waals surface area contributed by atoms with E-state index < -0.39 is 0 Å². The molecule has 1 saturated heterocycles. The van der Waals surface area contributed by atoms with Crippen LogP contribution in [0.15, 0.2) is 18.5 Å². The van der Waals surface area contributed by atoms with E-state index in [0.717, 1.165) is 24.5 Å². The fraction of sp³-hybridized carbons (Fsp3) is 0.455. The van der Waals surface area contributed by atoms with Gasteiger partial charge in [-0.25, -0.2) is 4.68 Å². The highest BCUT2D eigenvalue weighted by molar-refractivity contribution is 5.42. The Morgan fingerprint density at radius 2 is 2.39 bits per heavy atom. The lowest BCUT2D eigenvalue weighted by Gasteiger charge is -2.28. The first kappa shape index (κ1) is 11.1. The molecule has 3 heterocycles. The van der Waals surface area contributed by atoms with E-state index >= 15 is 0 Å². The molecular weight excluding hydrogens is 230 g/mol. The summed E-state index contributed by atoms with van der Waals surface area (Å²) in [6.45, 7) is 2.61. The monoisotopic (exact) mass is 247 g/mol. The summed E-state index contributed by atoms with van der Waals surface area (Å²) in [7, 11) is 1.87. The van der Waals surface area contributed by atoms with Crippen LogP contribution in [0.4, 0.5) is 11.6 Å². The van der Waals surface area contributed by atoms with Crippen LogP contribution in [0.25, 0.3) is 0 Å². The van der Waals surface area contributed by atoms with Crippen molar-refractivity contribution in [2.45, 2.75) is 12.6 Å². The Balaban J connectivity index is 1.69. The van der Waals surface area contributed by atoms with Gasteiger partial charge in [0.1, 0.15) is 11.6 Å². The maximum absolute atomic E-state index is 5.81. The van der Waals surface area contributed by atoms with Crippen molar-refractivity contribution in [3.05, 3.63) is 24.0 Å². The molecule has 0 unspecified atom stereocenters. The molecule has 0 spiro atoms. The first-order valence-corrected chi connectivity index (χ1v) is 6.00. The molecule has 3 rings (SSSR count). The minimum Gasteiger partial charge on any atom is -0.382 e. The summed E-state index contributed by atoms with van der Waals surface area (Å²) >= 11 is 0. The molecule has 0 aliphatic carbocycles. The van der Waals surface area contributed by atoms with Crippen molar-refractivity contribution < 1.29 is 0 Å². The summed E-state index contributed by atoms with van der Waals surface area (Å²) in [5, 5.41) is 15.1. The molecule has 1 aliphatic rings. The lowest BCUT2D eigenvalue weighted by molar-refractivity contribution is 0.321. The number of hydrogen-bond donors (Lipinski definition) is 3. The summed E-state index contributed by atoms with van der Waals surface area (Å²) < 4.78 is 3.74. The van der Waals surface area contributed by atoms with Crippen molar-refractivity contribution in [1.29, 1.82) is 0 Å². The first-order valence-electron chi connectivity index (χ1n) is 6.00. The zero-order chi connectivity index (χ0) is 12.5. The second-order valence-electron chi connectivity index (χ2n) is 4.54. The molecule has 7 heteroatoms. The fourth-order valence-electron chi connectivity index (χ4n) is 2.07. The Hall–Kier alpha value is -2.02. The Bertz CT molecular complexity index is 537. The molecule has 0 aromatic carbocycles. The highest BCUT2D eigenvalue weighted by atomic mass is 15.4. The zero-order valence-electron chi connectivity index (χ0n) is 10.3. The van der Waals surface area contributed by atoms with Crippen LogP contribution < -0.4 is 16.4 Å². The lowest BCUT2D eigenvalue weighted by Crippen LogP contribution is -2.44. The fourth-order valence-corrected chi connectivity index (χ4v) is 2.07. The molecule has 2 aromatic rings. The van der Waals surface area contributed by atoms with E-state index in [1.807, 2.05) is 30.2 Å². The van der Waals surface area contributed by atoms with E-state index in [4.69, 9.17) is 5.73 Å². The van der Waals surface area contributed by atoms with Gasteiger partial charge >= 0.3 is 0 Å². The van der Waals surface area contributed by atoms with Crippen LogP contribution in [0.5, 0.6) is 0 Å². The highest BCUT2D eigenvalue weighted by Crippen LogP contribution is 2.18. The molecule has 0 amide bonds. The molecule has 96 valence electrons. The van der Waals surface area contributed by atoms with Gasteiger partial charge in [-0.05, 0) is 0 Å². The SMILES string of the molecule is Cn1cc(CNc2ccnn2C2CNC2)c(N)n1. The summed E-state index contributed by atoms with van der Waals surface area (Å²) in [5.74, 6) is 1.59. The molecule has 2 aromatic heterocycles. The average Bonchev–Trinajstić information content (AvgIpc) is 2.81. The molecule has 7 nitrogen and oxygen atoms in total. The number of anilines is 2. The van der Waals surface area contributed by atoms with E-state index in [-0.39, 0.29) is 0 Å². The highest BCUT2D eigenvalue weighted by Gasteiger charge is 2.21. The second kappa shape index (κ2) is 4.34. The smallest absolute Gasteiger partial charge is 0.150 e. The van der Waals surface area contributed by atoms with E-state index in [1.165, 1.54) is 0 Å². The number of aromatic nitrogens is 4. The Kier molecular flexibility index (Phi) is 2.67. The molecule has 4 N–H and O–H groups in total. The Morgan fingerprint density at radius 1 is 1.56 bits per heavy atom. The molecule has 0 radical (unpaired) electrons. The predicted octanol–water partition coefficient (Wildman–Crippen LogP) is -0.0448. The van der Waals surface area contributed by atoms with Crippen LogP contribution in [-0.2, 0) is 13.6 Å². The van der Waals surface area contributed by atoms with Crippen LogP contribution in [-0.4, -0.2) is 32.7 Å². The maximum Gasteiger partial charge on any atom is 0.150 e. The largest absolute Gasteiger partial charge is 0.382 e. The van der Waals surface area contributed by atoms with E-state index in [9.17, 15) is 0 Å². The number of nitrogen functional groups attached to an aromatic ring is 1. The van der Waals surface area contributed by atoms with Gasteiger partial charge in [0, 0.05) is 44.5 Å². The van der Waals surface area contributed by atoms with Crippen LogP contribution in [0.2, 0.25) is 0 Å². The quantitative estimate of drug-likeness (QED) is 0.705. The minimum absolute atomic E-state index is 0.453. The molecule has 1 aliphatic heterocycles. The number of aryl methyl sites for hydroxylation is 1. The van der Waals surface area contributed by atoms with Gasteiger partial charge in [0.2, 0.25) is 0 Å². The van der Waals surface area contributed by atoms with Crippen molar-refractivity contribution in [3.63, 3.8) is 0 Å². The number of nitrogens with zero attached hydrogens (tertiary/aromatic N) is 4. The number of nitrogens with one attached hydrogen (secondary N) is 2. The standard InChI is InChI=1S/C11H17N7/c1-17-7-8(11(12)16-17)4-14-10-2-3-15-18(10)9-5-13-6-9/h2-3,7,9,13-14H,4-6H2,1H3,(H2,12,16). The number of nitrogens with two attached hydrogens (primary N) is 1. The number of rotatable bonds is 4. The van der Waals surface area contributed by atoms with Crippen molar-refractivity contribution >= 4 is 11.6 Å².